The van der Waals surface area contributed by atoms with Crippen LogP contribution in [0, 0.1) is 12.7 Å². The molecule has 0 aliphatic carbocycles. The van der Waals surface area contributed by atoms with E-state index in [1.165, 1.54) is 22.0 Å². The normalized spacial score (nSPS) is 20.8. The Balaban J connectivity index is 1.42. The molecule has 1 amide bonds. The Hall–Kier alpha value is -3.13. The van der Waals surface area contributed by atoms with Crippen LogP contribution < -0.4 is 4.90 Å². The van der Waals surface area contributed by atoms with Crippen molar-refractivity contribution < 1.29 is 9.18 Å². The largest absolute Gasteiger partial charge is 0.307 e. The summed E-state index contributed by atoms with van der Waals surface area (Å²) in [6.45, 7) is 3.94. The van der Waals surface area contributed by atoms with Crippen molar-refractivity contribution in [2.75, 3.05) is 25.0 Å². The highest BCUT2D eigenvalue weighted by molar-refractivity contribution is 5.96. The van der Waals surface area contributed by atoms with Gasteiger partial charge in [-0.1, -0.05) is 29.8 Å². The van der Waals surface area contributed by atoms with Crippen molar-refractivity contribution in [3.05, 3.63) is 59.4 Å². The number of aromatic nitrogens is 4. The molecule has 2 aliphatic rings. The number of hydrogen-bond acceptors (Lipinski definition) is 5. The topological polar surface area (TPSA) is 67.2 Å². The molecule has 7 nitrogen and oxygen atoms in total. The number of carbonyl (C=O) groups is 1. The van der Waals surface area contributed by atoms with E-state index < -0.39 is 5.82 Å². The van der Waals surface area contributed by atoms with Crippen molar-refractivity contribution in [1.82, 2.24) is 25.1 Å². The highest BCUT2D eigenvalue weighted by Gasteiger charge is 2.43. The van der Waals surface area contributed by atoms with E-state index in [1.807, 2.05) is 17.0 Å². The van der Waals surface area contributed by atoms with Crippen molar-refractivity contribution in [3.63, 3.8) is 0 Å². The molecule has 2 aliphatic heterocycles. The molecule has 2 atom stereocenters. The molecule has 1 fully saturated rings. The van der Waals surface area contributed by atoms with E-state index >= 15 is 0 Å². The lowest BCUT2D eigenvalue weighted by Crippen LogP contribution is -2.48. The van der Waals surface area contributed by atoms with Crippen LogP contribution in [-0.4, -0.2) is 57.2 Å². The second-order valence-electron chi connectivity index (χ2n) is 8.17. The SMILES string of the molecule is Cc1ccc2c(c1)[C@H]1CN(C)CC[C@@H]1N2C(=O)Cn1nnc(-c2ccccc2F)n1. The molecule has 1 aromatic heterocycles. The van der Waals surface area contributed by atoms with Crippen LogP contribution in [0.1, 0.15) is 23.5 Å². The average molecular weight is 406 g/mol. The zero-order valence-electron chi connectivity index (χ0n) is 17.0. The molecular weight excluding hydrogens is 383 g/mol. The summed E-state index contributed by atoms with van der Waals surface area (Å²) in [6.07, 6.45) is 0.923. The number of piperidine rings is 1. The van der Waals surface area contributed by atoms with E-state index in [1.54, 1.807) is 18.2 Å². The maximum absolute atomic E-state index is 14.0. The van der Waals surface area contributed by atoms with Crippen LogP contribution in [0.3, 0.4) is 0 Å². The summed E-state index contributed by atoms with van der Waals surface area (Å²) in [7, 11) is 2.12. The van der Waals surface area contributed by atoms with Crippen LogP contribution in [0.4, 0.5) is 10.1 Å². The molecular formula is C22H23FN6O. The number of likely N-dealkylation sites (tertiary alicyclic amines) is 1. The minimum atomic E-state index is -0.415. The van der Waals surface area contributed by atoms with E-state index in [9.17, 15) is 9.18 Å². The van der Waals surface area contributed by atoms with Gasteiger partial charge in [-0.05, 0) is 55.9 Å². The number of carbonyl (C=O) groups excluding carboxylic acids is 1. The molecule has 0 unspecified atom stereocenters. The van der Waals surface area contributed by atoms with E-state index in [0.717, 1.165) is 25.2 Å². The van der Waals surface area contributed by atoms with Gasteiger partial charge in [0.25, 0.3) is 5.91 Å². The molecule has 1 saturated heterocycles. The third-order valence-corrected chi connectivity index (χ3v) is 6.07. The van der Waals surface area contributed by atoms with Gasteiger partial charge in [0.15, 0.2) is 0 Å². The molecule has 3 aromatic rings. The Bertz CT molecular complexity index is 1110. The number of anilines is 1. The first-order valence-electron chi connectivity index (χ1n) is 10.1. The van der Waals surface area contributed by atoms with E-state index in [4.69, 9.17) is 0 Å². The molecule has 3 heterocycles. The molecule has 5 rings (SSSR count). The fraction of sp³-hybridized carbons (Fsp3) is 0.364. The quantitative estimate of drug-likeness (QED) is 0.669. The zero-order valence-corrected chi connectivity index (χ0v) is 17.0. The Kier molecular flexibility index (Phi) is 4.58. The highest BCUT2D eigenvalue weighted by atomic mass is 19.1. The minimum Gasteiger partial charge on any atom is -0.307 e. The van der Waals surface area contributed by atoms with Crippen LogP contribution in [0.25, 0.3) is 11.4 Å². The van der Waals surface area contributed by atoms with E-state index in [2.05, 4.69) is 40.3 Å². The van der Waals surface area contributed by atoms with Crippen molar-refractivity contribution in [3.8, 4) is 11.4 Å². The Morgan fingerprint density at radius 2 is 2.07 bits per heavy atom. The Labute approximate surface area is 174 Å². The lowest BCUT2D eigenvalue weighted by atomic mass is 9.89. The summed E-state index contributed by atoms with van der Waals surface area (Å²) in [5.41, 5.74) is 3.68. The number of halogens is 1. The number of aryl methyl sites for hydroxylation is 1. The fourth-order valence-corrected chi connectivity index (χ4v) is 4.66. The number of benzene rings is 2. The summed E-state index contributed by atoms with van der Waals surface area (Å²) < 4.78 is 14.0. The lowest BCUT2D eigenvalue weighted by Gasteiger charge is -2.36. The number of hydrogen-bond donors (Lipinski definition) is 0. The predicted octanol–water partition coefficient (Wildman–Crippen LogP) is 2.62. The molecule has 0 N–H and O–H groups in total. The first-order chi connectivity index (χ1) is 14.5. The van der Waals surface area contributed by atoms with Gasteiger partial charge in [0.2, 0.25) is 5.82 Å². The van der Waals surface area contributed by atoms with E-state index in [-0.39, 0.29) is 29.9 Å². The highest BCUT2D eigenvalue weighted by Crippen LogP contribution is 2.45. The molecule has 0 spiro atoms. The number of tetrazole rings is 1. The van der Waals surface area contributed by atoms with Gasteiger partial charge in [0.05, 0.1) is 5.56 Å². The third kappa shape index (κ3) is 3.17. The van der Waals surface area contributed by atoms with Crippen molar-refractivity contribution in [1.29, 1.82) is 0 Å². The second-order valence-corrected chi connectivity index (χ2v) is 8.17. The van der Waals surface area contributed by atoms with Crippen LogP contribution in [0.15, 0.2) is 42.5 Å². The van der Waals surface area contributed by atoms with Crippen LogP contribution >= 0.6 is 0 Å². The molecule has 8 heteroatoms. The molecule has 30 heavy (non-hydrogen) atoms. The maximum Gasteiger partial charge on any atom is 0.250 e. The molecule has 2 aromatic carbocycles. The van der Waals surface area contributed by atoms with Gasteiger partial charge >= 0.3 is 0 Å². The van der Waals surface area contributed by atoms with E-state index in [0.29, 0.717) is 5.92 Å². The van der Waals surface area contributed by atoms with Crippen LogP contribution in [0.5, 0.6) is 0 Å². The van der Waals surface area contributed by atoms with Crippen LogP contribution in [-0.2, 0) is 11.3 Å². The summed E-state index contributed by atoms with van der Waals surface area (Å²) >= 11 is 0. The fourth-order valence-electron chi connectivity index (χ4n) is 4.66. The average Bonchev–Trinajstić information content (AvgIpc) is 3.30. The van der Waals surface area contributed by atoms with Crippen molar-refractivity contribution >= 4 is 11.6 Å². The first-order valence-corrected chi connectivity index (χ1v) is 10.1. The summed E-state index contributed by atoms with van der Waals surface area (Å²) in [5.74, 6) is -0.00757. The maximum atomic E-state index is 14.0. The van der Waals surface area contributed by atoms with Crippen molar-refractivity contribution in [2.45, 2.75) is 31.8 Å². The zero-order chi connectivity index (χ0) is 20.8. The van der Waals surface area contributed by atoms with Gasteiger partial charge in [0.1, 0.15) is 12.4 Å². The number of nitrogens with zero attached hydrogens (tertiary/aromatic N) is 6. The molecule has 0 radical (unpaired) electrons. The second kappa shape index (κ2) is 7.28. The lowest BCUT2D eigenvalue weighted by molar-refractivity contribution is -0.120. The van der Waals surface area contributed by atoms with Crippen molar-refractivity contribution in [2.24, 2.45) is 0 Å². The molecule has 0 saturated carbocycles. The number of fused-ring (bicyclic) bond motifs is 3. The van der Waals surface area contributed by atoms with Gasteiger partial charge in [-0.25, -0.2) is 4.39 Å². The standard InChI is InChI=1S/C22H23FN6O/c1-14-7-8-19-16(11-14)17-12-27(2)10-9-20(17)29(19)21(30)13-28-25-22(24-26-28)15-5-3-4-6-18(15)23/h3-8,11,17,20H,9-10,12-13H2,1-2H3/t17-,20+/m1/s1. The number of rotatable bonds is 3. The number of amides is 1. The molecule has 154 valence electrons. The van der Waals surface area contributed by atoms with Gasteiger partial charge in [-0.15, -0.1) is 10.2 Å². The third-order valence-electron chi connectivity index (χ3n) is 6.07. The van der Waals surface area contributed by atoms with Crippen LogP contribution in [0.2, 0.25) is 0 Å². The number of likely N-dealkylation sites (N-methyl/N-ethyl adjacent to an activating group) is 1. The summed E-state index contributed by atoms with van der Waals surface area (Å²) in [4.78, 5) is 18.8. The van der Waals surface area contributed by atoms with Gasteiger partial charge in [-0.2, -0.15) is 4.80 Å². The molecule has 0 bridgehead atoms. The van der Waals surface area contributed by atoms with Gasteiger partial charge in [0, 0.05) is 24.2 Å². The first kappa shape index (κ1) is 18.9. The monoisotopic (exact) mass is 406 g/mol. The Morgan fingerprint density at radius 3 is 2.90 bits per heavy atom. The van der Waals surface area contributed by atoms with Gasteiger partial charge in [-0.3, -0.25) is 4.79 Å². The summed E-state index contributed by atoms with van der Waals surface area (Å²) in [6, 6.07) is 12.7. The minimum absolute atomic E-state index is 0.0339. The van der Waals surface area contributed by atoms with Gasteiger partial charge < -0.3 is 9.80 Å². The Morgan fingerprint density at radius 1 is 1.23 bits per heavy atom. The smallest absolute Gasteiger partial charge is 0.250 e. The summed E-state index contributed by atoms with van der Waals surface area (Å²) in [5, 5.41) is 12.2. The predicted molar refractivity (Wildman–Crippen MR) is 111 cm³/mol.